The molecule has 13 heteroatoms. The van der Waals surface area contributed by atoms with E-state index in [9.17, 15) is 23.0 Å². The Bertz CT molecular complexity index is 1280. The highest BCUT2D eigenvalue weighted by atomic mass is 32.5. The van der Waals surface area contributed by atoms with Gasteiger partial charge in [-0.3, -0.25) is 0 Å². The highest BCUT2D eigenvalue weighted by Crippen LogP contribution is 2.53. The molecule has 0 bridgehead atoms. The maximum absolute atomic E-state index is 12.5. The molecule has 7 nitrogen and oxygen atoms in total. The molecule has 2 N–H and O–H groups in total. The van der Waals surface area contributed by atoms with E-state index >= 15 is 0 Å². The second-order valence-corrected chi connectivity index (χ2v) is 10.8. The molecule has 0 saturated carbocycles. The van der Waals surface area contributed by atoms with Crippen LogP contribution < -0.4 is 18.7 Å². The minimum Gasteiger partial charge on any atom is -0.495 e. The molecule has 34 heavy (non-hydrogen) atoms. The van der Waals surface area contributed by atoms with Gasteiger partial charge in [-0.1, -0.05) is 11.8 Å². The second kappa shape index (κ2) is 9.79. The molecule has 0 saturated heterocycles. The summed E-state index contributed by atoms with van der Waals surface area (Å²) in [5.41, 5.74) is 2.11. The first-order chi connectivity index (χ1) is 15.8. The Hall–Kier alpha value is -2.24. The van der Waals surface area contributed by atoms with Crippen molar-refractivity contribution in [2.75, 3.05) is 14.2 Å². The summed E-state index contributed by atoms with van der Waals surface area (Å²) in [5, 5.41) is 0.324. The summed E-state index contributed by atoms with van der Waals surface area (Å²) < 4.78 is 58.1. The van der Waals surface area contributed by atoms with Gasteiger partial charge in [0.2, 0.25) is 0 Å². The number of hydrogen-bond donors (Lipinski definition) is 2. The maximum Gasteiger partial charge on any atom is 0.573 e. The second-order valence-electron chi connectivity index (χ2n) is 7.10. The lowest BCUT2D eigenvalue weighted by molar-refractivity contribution is -0.274. The van der Waals surface area contributed by atoms with E-state index in [0.717, 1.165) is 0 Å². The monoisotopic (exact) mass is 535 g/mol. The third-order valence-electron chi connectivity index (χ3n) is 4.85. The number of aryl methyl sites for hydroxylation is 1. The Labute approximate surface area is 203 Å². The number of rotatable bonds is 7. The third-order valence-corrected chi connectivity index (χ3v) is 6.70. The number of alkyl halides is 3. The Morgan fingerprint density at radius 3 is 2.03 bits per heavy atom. The van der Waals surface area contributed by atoms with E-state index in [2.05, 4.69) is 9.72 Å². The maximum atomic E-state index is 12.5. The summed E-state index contributed by atoms with van der Waals surface area (Å²) in [5.74, 6) is 0.455. The predicted octanol–water partition coefficient (Wildman–Crippen LogP) is 5.81. The number of methoxy groups -OCH3 is 2. The van der Waals surface area contributed by atoms with Gasteiger partial charge in [-0.25, -0.2) is 4.98 Å². The van der Waals surface area contributed by atoms with Crippen LogP contribution in [0.25, 0.3) is 10.9 Å². The first-order valence-corrected chi connectivity index (χ1v) is 13.0. The molecule has 0 aliphatic rings. The van der Waals surface area contributed by atoms with Crippen molar-refractivity contribution >= 4 is 41.2 Å². The minimum atomic E-state index is -4.79. The Kier molecular flexibility index (Phi) is 7.59. The number of aromatic nitrogens is 1. The fraction of sp³-hybridized carbons (Fsp3) is 0.286. The van der Waals surface area contributed by atoms with Crippen LogP contribution in [-0.4, -0.2) is 35.4 Å². The smallest absolute Gasteiger partial charge is 0.495 e. The number of nitrogens with zero attached hydrogens (tertiary/aromatic N) is 1. The number of ether oxygens (including phenoxy) is 3. The van der Waals surface area contributed by atoms with Crippen LogP contribution >= 0.6 is 18.5 Å². The molecule has 1 aromatic heterocycles. The normalized spacial score (nSPS) is 12.1. The van der Waals surface area contributed by atoms with Gasteiger partial charge in [0.15, 0.2) is 0 Å². The van der Waals surface area contributed by atoms with Crippen molar-refractivity contribution in [2.24, 2.45) is 0 Å². The highest BCUT2D eigenvalue weighted by molar-refractivity contribution is 8.06. The molecule has 0 spiro atoms. The lowest BCUT2D eigenvalue weighted by atomic mass is 10.0. The van der Waals surface area contributed by atoms with Crippen LogP contribution in [0.2, 0.25) is 0 Å². The predicted molar refractivity (Wildman–Crippen MR) is 126 cm³/mol. The van der Waals surface area contributed by atoms with Gasteiger partial charge < -0.3 is 28.5 Å². The molecule has 0 unspecified atom stereocenters. The first-order valence-electron chi connectivity index (χ1n) is 9.60. The van der Waals surface area contributed by atoms with Crippen molar-refractivity contribution in [1.29, 1.82) is 0 Å². The van der Waals surface area contributed by atoms with Gasteiger partial charge in [-0.05, 0) is 45.0 Å². The molecule has 3 aromatic rings. The van der Waals surface area contributed by atoms with E-state index in [0.29, 0.717) is 49.0 Å². The average molecular weight is 536 g/mol. The molecule has 0 atom stereocenters. The summed E-state index contributed by atoms with van der Waals surface area (Å²) >= 11 is 5.90. The third kappa shape index (κ3) is 5.69. The number of halogens is 3. The topological polar surface area (TPSA) is 90.3 Å². The summed E-state index contributed by atoms with van der Waals surface area (Å²) in [7, 11) is 2.89. The Morgan fingerprint density at radius 2 is 1.53 bits per heavy atom. The molecule has 1 heterocycles. The van der Waals surface area contributed by atoms with Crippen LogP contribution in [0.5, 0.6) is 23.0 Å². The van der Waals surface area contributed by atoms with E-state index in [1.54, 1.807) is 20.8 Å². The van der Waals surface area contributed by atoms with Crippen molar-refractivity contribution in [2.45, 2.75) is 36.9 Å². The van der Waals surface area contributed by atoms with Crippen molar-refractivity contribution in [3.8, 4) is 23.0 Å². The van der Waals surface area contributed by atoms with Gasteiger partial charge in [0.05, 0.1) is 24.5 Å². The number of fused-ring (bicyclic) bond motifs is 1. The minimum absolute atomic E-state index is 0.0989. The van der Waals surface area contributed by atoms with Gasteiger partial charge in [-0.15, -0.1) is 13.2 Å². The summed E-state index contributed by atoms with van der Waals surface area (Å²) in [6, 6.07) is 5.34. The lowest BCUT2D eigenvalue weighted by Gasteiger charge is -2.22. The van der Waals surface area contributed by atoms with Gasteiger partial charge in [0.25, 0.3) is 0 Å². The van der Waals surface area contributed by atoms with Crippen LogP contribution in [0.4, 0.5) is 13.2 Å². The van der Waals surface area contributed by atoms with E-state index in [1.165, 1.54) is 50.2 Å². The highest BCUT2D eigenvalue weighted by Gasteiger charge is 2.31. The zero-order valence-electron chi connectivity index (χ0n) is 18.7. The quantitative estimate of drug-likeness (QED) is 0.364. The van der Waals surface area contributed by atoms with Crippen LogP contribution in [-0.2, 0) is 11.8 Å². The summed E-state index contributed by atoms with van der Waals surface area (Å²) in [6.07, 6.45) is -4.79. The van der Waals surface area contributed by atoms with Crippen molar-refractivity contribution in [3.63, 3.8) is 0 Å². The van der Waals surface area contributed by atoms with Gasteiger partial charge in [0.1, 0.15) is 28.5 Å². The number of pyridine rings is 1. The zero-order valence-corrected chi connectivity index (χ0v) is 21.2. The Balaban J connectivity index is 2.24. The fourth-order valence-electron chi connectivity index (χ4n) is 3.33. The summed E-state index contributed by atoms with van der Waals surface area (Å²) in [6.45, 7) is 1.09. The van der Waals surface area contributed by atoms with Crippen molar-refractivity contribution < 1.29 is 41.7 Å². The van der Waals surface area contributed by atoms with Crippen LogP contribution in [0.3, 0.4) is 0 Å². The molecular weight excluding hydrogens is 514 g/mol. The van der Waals surface area contributed by atoms with Gasteiger partial charge >= 0.3 is 13.1 Å². The summed E-state index contributed by atoms with van der Waals surface area (Å²) in [4.78, 5) is 25.5. The van der Waals surface area contributed by atoms with E-state index < -0.39 is 13.1 Å². The molecule has 184 valence electrons. The molecule has 0 fully saturated rings. The molecular formula is C21H21F3NO6PS2. The van der Waals surface area contributed by atoms with Crippen LogP contribution in [0.1, 0.15) is 16.8 Å². The van der Waals surface area contributed by atoms with E-state index in [-0.39, 0.29) is 11.5 Å². The zero-order chi connectivity index (χ0) is 25.4. The molecule has 2 aromatic carbocycles. The van der Waals surface area contributed by atoms with Gasteiger partial charge in [0, 0.05) is 33.5 Å². The van der Waals surface area contributed by atoms with Crippen molar-refractivity contribution in [1.82, 2.24) is 4.98 Å². The largest absolute Gasteiger partial charge is 0.573 e. The molecule has 0 radical (unpaired) electrons. The molecule has 0 aliphatic heterocycles. The SMILES string of the molecule is COc1c(C)c(Sc2ccc(OC(F)(F)F)cc2)c(OC)c2c(OP(O)(O)=S)c(C)c(C)nc12. The lowest BCUT2D eigenvalue weighted by Crippen LogP contribution is -2.16. The van der Waals surface area contributed by atoms with Gasteiger partial charge in [-0.2, -0.15) is 0 Å². The van der Waals surface area contributed by atoms with E-state index in [4.69, 9.17) is 25.8 Å². The van der Waals surface area contributed by atoms with E-state index in [1.807, 2.05) is 0 Å². The van der Waals surface area contributed by atoms with Crippen LogP contribution in [0.15, 0.2) is 34.1 Å². The number of benzene rings is 2. The molecule has 3 rings (SSSR count). The van der Waals surface area contributed by atoms with Crippen molar-refractivity contribution in [3.05, 3.63) is 41.1 Å². The molecule has 0 aliphatic carbocycles. The van der Waals surface area contributed by atoms with Crippen LogP contribution in [0, 0.1) is 20.8 Å². The molecule has 0 amide bonds. The Morgan fingerprint density at radius 1 is 0.941 bits per heavy atom. The standard InChI is InChI=1S/C21H21F3NO6PS2/c1-10-12(3)25-16-15(17(10)31-32(26,27)33)19(29-5)20(11(2)18(16)28-4)34-14-8-6-13(7-9-14)30-21(22,23)24/h6-9H,1-5H3,(H2,26,27,33). The first kappa shape index (κ1) is 26.4. The average Bonchev–Trinajstić information content (AvgIpc) is 2.72. The fourth-order valence-corrected chi connectivity index (χ4v) is 5.06. The number of hydrogen-bond acceptors (Lipinski definition) is 7.